The van der Waals surface area contributed by atoms with E-state index in [0.29, 0.717) is 17.8 Å². The molecule has 0 radical (unpaired) electrons. The highest BCUT2D eigenvalue weighted by atomic mass is 32.2. The molecule has 0 aliphatic carbocycles. The summed E-state index contributed by atoms with van der Waals surface area (Å²) in [6, 6.07) is 10.1. The van der Waals surface area contributed by atoms with Gasteiger partial charge >= 0.3 is 0 Å². The van der Waals surface area contributed by atoms with Crippen LogP contribution in [0.1, 0.15) is 22.9 Å². The third kappa shape index (κ3) is 4.20. The van der Waals surface area contributed by atoms with E-state index in [1.54, 1.807) is 24.3 Å². The average Bonchev–Trinajstić information content (AvgIpc) is 3.15. The molecular formula is C15H17N3O4S3. The van der Waals surface area contributed by atoms with Crippen molar-refractivity contribution in [1.82, 2.24) is 4.41 Å². The van der Waals surface area contributed by atoms with Crippen LogP contribution in [0.25, 0.3) is 0 Å². The Kier molecular flexibility index (Phi) is 4.60. The summed E-state index contributed by atoms with van der Waals surface area (Å²) >= 11 is 1.49. The van der Waals surface area contributed by atoms with Crippen molar-refractivity contribution in [3.05, 3.63) is 52.2 Å². The standard InChI is InChI=1S/C15H17N3O4S3/c1-24(19,20)17-12-7-5-11(6-8-12)13-10-14(15-4-3-9-23-15)18(16-13)25(2,21)22/h3-9,14,17H,10H2,1-2H3/t14-/m1/s1. The average molecular weight is 400 g/mol. The molecule has 1 aliphatic heterocycles. The predicted molar refractivity (Wildman–Crippen MR) is 99.8 cm³/mol. The zero-order chi connectivity index (χ0) is 18.2. The maximum absolute atomic E-state index is 12.1. The Morgan fingerprint density at radius 3 is 2.32 bits per heavy atom. The third-order valence-corrected chi connectivity index (χ3v) is 6.20. The van der Waals surface area contributed by atoms with Gasteiger partial charge in [-0.1, -0.05) is 18.2 Å². The van der Waals surface area contributed by atoms with Crippen molar-refractivity contribution < 1.29 is 16.8 Å². The number of anilines is 1. The lowest BCUT2D eigenvalue weighted by molar-refractivity contribution is 0.379. The summed E-state index contributed by atoms with van der Waals surface area (Å²) in [4.78, 5) is 0.930. The first kappa shape index (κ1) is 17.9. The van der Waals surface area contributed by atoms with E-state index in [2.05, 4.69) is 9.82 Å². The SMILES string of the molecule is CS(=O)(=O)Nc1ccc(C2=NN(S(C)(=O)=O)[C@@H](c3cccs3)C2)cc1. The molecule has 0 saturated carbocycles. The Hall–Kier alpha value is -1.91. The highest BCUT2D eigenvalue weighted by Crippen LogP contribution is 2.36. The molecule has 0 saturated heterocycles. The van der Waals surface area contributed by atoms with E-state index < -0.39 is 20.0 Å². The van der Waals surface area contributed by atoms with Gasteiger partial charge in [-0.15, -0.1) is 11.3 Å². The minimum absolute atomic E-state index is 0.348. The van der Waals surface area contributed by atoms with E-state index in [1.807, 2.05) is 17.5 Å². The Balaban J connectivity index is 1.90. The molecule has 10 heteroatoms. The van der Waals surface area contributed by atoms with Gasteiger partial charge in [0, 0.05) is 17.0 Å². The van der Waals surface area contributed by atoms with Crippen LogP contribution < -0.4 is 4.72 Å². The van der Waals surface area contributed by atoms with Crippen molar-refractivity contribution in [3.63, 3.8) is 0 Å². The molecule has 1 aromatic heterocycles. The summed E-state index contributed by atoms with van der Waals surface area (Å²) in [6.07, 6.45) is 2.68. The zero-order valence-electron chi connectivity index (χ0n) is 13.6. The number of hydrogen-bond acceptors (Lipinski definition) is 6. The highest BCUT2D eigenvalue weighted by molar-refractivity contribution is 7.92. The molecule has 0 spiro atoms. The van der Waals surface area contributed by atoms with Gasteiger partial charge < -0.3 is 0 Å². The van der Waals surface area contributed by atoms with E-state index in [-0.39, 0.29) is 6.04 Å². The summed E-state index contributed by atoms with van der Waals surface area (Å²) in [5.74, 6) is 0. The maximum atomic E-state index is 12.1. The van der Waals surface area contributed by atoms with Crippen molar-refractivity contribution in [2.45, 2.75) is 12.5 Å². The van der Waals surface area contributed by atoms with E-state index in [1.165, 1.54) is 11.3 Å². The molecule has 1 N–H and O–H groups in total. The van der Waals surface area contributed by atoms with Crippen molar-refractivity contribution in [2.24, 2.45) is 5.10 Å². The van der Waals surface area contributed by atoms with Gasteiger partial charge in [0.25, 0.3) is 0 Å². The summed E-state index contributed by atoms with van der Waals surface area (Å²) in [5, 5.41) is 6.20. The van der Waals surface area contributed by atoms with Gasteiger partial charge in [0.1, 0.15) is 6.04 Å². The number of benzene rings is 1. The van der Waals surface area contributed by atoms with Crippen LogP contribution in [-0.4, -0.2) is 39.5 Å². The van der Waals surface area contributed by atoms with Gasteiger partial charge in [-0.25, -0.2) is 16.8 Å². The molecule has 2 aromatic rings. The molecule has 0 unspecified atom stereocenters. The Labute approximate surface area is 151 Å². The van der Waals surface area contributed by atoms with Crippen LogP contribution in [0.2, 0.25) is 0 Å². The Bertz CT molecular complexity index is 995. The Morgan fingerprint density at radius 2 is 1.80 bits per heavy atom. The van der Waals surface area contributed by atoms with Crippen molar-refractivity contribution in [2.75, 3.05) is 17.2 Å². The van der Waals surface area contributed by atoms with Crippen LogP contribution in [0.15, 0.2) is 46.9 Å². The molecule has 7 nitrogen and oxygen atoms in total. The summed E-state index contributed by atoms with van der Waals surface area (Å²) in [7, 11) is -6.83. The molecule has 1 aliphatic rings. The summed E-state index contributed by atoms with van der Waals surface area (Å²) in [6.45, 7) is 0. The monoisotopic (exact) mass is 399 g/mol. The van der Waals surface area contributed by atoms with Gasteiger partial charge in [-0.05, 0) is 29.1 Å². The fourth-order valence-corrected chi connectivity index (χ4v) is 4.95. The fourth-order valence-electron chi connectivity index (χ4n) is 2.61. The van der Waals surface area contributed by atoms with Gasteiger partial charge in [0.2, 0.25) is 20.0 Å². The third-order valence-electron chi connectivity index (χ3n) is 3.61. The molecule has 2 heterocycles. The topological polar surface area (TPSA) is 95.9 Å². The van der Waals surface area contributed by atoms with E-state index in [0.717, 1.165) is 27.4 Å². The molecule has 25 heavy (non-hydrogen) atoms. The van der Waals surface area contributed by atoms with Crippen molar-refractivity contribution in [3.8, 4) is 0 Å². The number of hydrogen-bond donors (Lipinski definition) is 1. The first-order valence-electron chi connectivity index (χ1n) is 7.32. The lowest BCUT2D eigenvalue weighted by atomic mass is 10.0. The zero-order valence-corrected chi connectivity index (χ0v) is 16.0. The molecular weight excluding hydrogens is 382 g/mol. The second-order valence-electron chi connectivity index (χ2n) is 5.77. The quantitative estimate of drug-likeness (QED) is 0.834. The molecule has 0 fully saturated rings. The number of rotatable bonds is 5. The van der Waals surface area contributed by atoms with Gasteiger partial charge in [0.15, 0.2) is 0 Å². The number of nitrogens with zero attached hydrogens (tertiary/aromatic N) is 2. The molecule has 1 aromatic carbocycles. The lowest BCUT2D eigenvalue weighted by Crippen LogP contribution is -2.25. The van der Waals surface area contributed by atoms with Gasteiger partial charge in [-0.2, -0.15) is 9.52 Å². The molecule has 134 valence electrons. The van der Waals surface area contributed by atoms with Crippen LogP contribution in [0.4, 0.5) is 5.69 Å². The van der Waals surface area contributed by atoms with Gasteiger partial charge in [-0.3, -0.25) is 4.72 Å². The second-order valence-corrected chi connectivity index (χ2v) is 10.3. The molecule has 1 atom stereocenters. The second kappa shape index (κ2) is 6.43. The molecule has 0 bridgehead atoms. The van der Waals surface area contributed by atoms with E-state index >= 15 is 0 Å². The minimum atomic E-state index is -3.49. The number of nitrogens with one attached hydrogen (secondary N) is 1. The Morgan fingerprint density at radius 1 is 1.12 bits per heavy atom. The minimum Gasteiger partial charge on any atom is -0.284 e. The summed E-state index contributed by atoms with van der Waals surface area (Å²) < 4.78 is 50.2. The van der Waals surface area contributed by atoms with Crippen molar-refractivity contribution >= 4 is 42.8 Å². The molecule has 3 rings (SSSR count). The maximum Gasteiger partial charge on any atom is 0.247 e. The van der Waals surface area contributed by atoms with Crippen molar-refractivity contribution in [1.29, 1.82) is 0 Å². The van der Waals surface area contributed by atoms with Crippen LogP contribution in [-0.2, 0) is 20.0 Å². The van der Waals surface area contributed by atoms with Crippen LogP contribution >= 0.6 is 11.3 Å². The number of thiophene rings is 1. The number of hydrazone groups is 1. The van der Waals surface area contributed by atoms with Crippen LogP contribution in [0.5, 0.6) is 0 Å². The fraction of sp³-hybridized carbons (Fsp3) is 0.267. The number of sulfonamides is 2. The first-order chi connectivity index (χ1) is 11.6. The van der Waals surface area contributed by atoms with Crippen LogP contribution in [0, 0.1) is 0 Å². The van der Waals surface area contributed by atoms with Gasteiger partial charge in [0.05, 0.1) is 18.2 Å². The normalized spacial score (nSPS) is 18.2. The first-order valence-corrected chi connectivity index (χ1v) is 11.9. The highest BCUT2D eigenvalue weighted by Gasteiger charge is 2.34. The smallest absolute Gasteiger partial charge is 0.247 e. The predicted octanol–water partition coefficient (Wildman–Crippen LogP) is 2.23. The summed E-state index contributed by atoms with van der Waals surface area (Å²) in [5.41, 5.74) is 1.85. The van der Waals surface area contributed by atoms with E-state index in [9.17, 15) is 16.8 Å². The molecule has 0 amide bonds. The largest absolute Gasteiger partial charge is 0.284 e. The lowest BCUT2D eigenvalue weighted by Gasteiger charge is -2.19. The van der Waals surface area contributed by atoms with E-state index in [4.69, 9.17) is 0 Å². The van der Waals surface area contributed by atoms with Crippen LogP contribution in [0.3, 0.4) is 0 Å².